The van der Waals surface area contributed by atoms with Crippen LogP contribution >= 0.6 is 39.1 Å². The predicted octanol–water partition coefficient (Wildman–Crippen LogP) is 5.68. The van der Waals surface area contributed by atoms with Crippen molar-refractivity contribution in [3.05, 3.63) is 102 Å². The molecule has 8 nitrogen and oxygen atoms in total. The number of hydrogen-bond donors (Lipinski definition) is 0. The fourth-order valence-corrected chi connectivity index (χ4v) is 4.68. The van der Waals surface area contributed by atoms with Gasteiger partial charge in [-0.3, -0.25) is 24.5 Å². The molecule has 0 bridgehead atoms. The molecule has 36 heavy (non-hydrogen) atoms. The summed E-state index contributed by atoms with van der Waals surface area (Å²) < 4.78 is 0.782. The lowest BCUT2D eigenvalue weighted by Crippen LogP contribution is -2.46. The van der Waals surface area contributed by atoms with E-state index in [0.717, 1.165) is 21.0 Å². The normalized spacial score (nSPS) is 15.3. The second-order valence-corrected chi connectivity index (χ2v) is 9.82. The highest BCUT2D eigenvalue weighted by Crippen LogP contribution is 2.30. The van der Waals surface area contributed by atoms with Crippen molar-refractivity contribution in [3.63, 3.8) is 0 Å². The predicted molar refractivity (Wildman–Crippen MR) is 139 cm³/mol. The molecule has 0 radical (unpaired) electrons. The van der Waals surface area contributed by atoms with E-state index >= 15 is 0 Å². The van der Waals surface area contributed by atoms with Gasteiger partial charge in [0.1, 0.15) is 11.1 Å². The van der Waals surface area contributed by atoms with Crippen molar-refractivity contribution < 1.29 is 19.3 Å². The van der Waals surface area contributed by atoms with Crippen molar-refractivity contribution in [2.45, 2.75) is 18.9 Å². The zero-order chi connectivity index (χ0) is 26.0. The highest BCUT2D eigenvalue weighted by Gasteiger charge is 2.44. The Kier molecular flexibility index (Phi) is 7.73. The third-order valence-electron chi connectivity index (χ3n) is 5.76. The molecule has 0 spiro atoms. The number of carbonyl (C=O) groups is 3. The van der Waals surface area contributed by atoms with Crippen LogP contribution in [0.1, 0.15) is 22.3 Å². The van der Waals surface area contributed by atoms with Crippen LogP contribution in [0.5, 0.6) is 0 Å². The standard InChI is InChI=1S/C25H18BrCl2N3O5/c26-17-5-7-19(8-6-17)30-23(32)14-22(25(30)34)29(11-10-15-2-1-3-18(27)12-15)24(33)16-4-9-20(28)21(13-16)31(35)36/h1-9,12-13,22H,10-11,14H2. The van der Waals surface area contributed by atoms with Crippen molar-refractivity contribution in [1.29, 1.82) is 0 Å². The number of nitro benzene ring substituents is 1. The lowest BCUT2D eigenvalue weighted by molar-refractivity contribution is -0.384. The van der Waals surface area contributed by atoms with E-state index in [2.05, 4.69) is 15.9 Å². The molecular weight excluding hydrogens is 573 g/mol. The monoisotopic (exact) mass is 589 g/mol. The molecule has 1 heterocycles. The molecule has 184 valence electrons. The summed E-state index contributed by atoms with van der Waals surface area (Å²) in [4.78, 5) is 52.9. The van der Waals surface area contributed by atoms with Gasteiger partial charge in [0.15, 0.2) is 0 Å². The maximum atomic E-state index is 13.6. The first-order chi connectivity index (χ1) is 17.2. The van der Waals surface area contributed by atoms with E-state index in [1.165, 1.54) is 17.0 Å². The van der Waals surface area contributed by atoms with Gasteiger partial charge < -0.3 is 4.90 Å². The summed E-state index contributed by atoms with van der Waals surface area (Å²) in [5, 5.41) is 11.8. The first-order valence-corrected chi connectivity index (χ1v) is 12.3. The number of halogens is 3. The fourth-order valence-electron chi connectivity index (χ4n) is 4.01. The Morgan fingerprint density at radius 3 is 2.47 bits per heavy atom. The number of nitro groups is 1. The average molecular weight is 591 g/mol. The fraction of sp³-hybridized carbons (Fsp3) is 0.160. The number of hydrogen-bond acceptors (Lipinski definition) is 5. The molecule has 0 aromatic heterocycles. The zero-order valence-corrected chi connectivity index (χ0v) is 21.7. The highest BCUT2D eigenvalue weighted by atomic mass is 79.9. The van der Waals surface area contributed by atoms with Gasteiger partial charge in [0.25, 0.3) is 17.5 Å². The summed E-state index contributed by atoms with van der Waals surface area (Å²) in [6.45, 7) is 0.0768. The van der Waals surface area contributed by atoms with Gasteiger partial charge in [-0.1, -0.05) is 51.3 Å². The van der Waals surface area contributed by atoms with Crippen LogP contribution in [0.25, 0.3) is 0 Å². The Hall–Kier alpha value is -3.27. The Bertz CT molecular complexity index is 1370. The minimum absolute atomic E-state index is 0.0143. The summed E-state index contributed by atoms with van der Waals surface area (Å²) in [5.74, 6) is -1.62. The molecule has 1 aliphatic rings. The highest BCUT2D eigenvalue weighted by molar-refractivity contribution is 9.10. The molecule has 0 aliphatic carbocycles. The molecule has 3 amide bonds. The Morgan fingerprint density at radius 2 is 1.81 bits per heavy atom. The number of imide groups is 1. The van der Waals surface area contributed by atoms with Gasteiger partial charge >= 0.3 is 0 Å². The molecule has 1 unspecified atom stereocenters. The van der Waals surface area contributed by atoms with E-state index in [1.807, 2.05) is 6.07 Å². The molecule has 1 atom stereocenters. The maximum Gasteiger partial charge on any atom is 0.288 e. The molecule has 1 fully saturated rings. The van der Waals surface area contributed by atoms with Crippen LogP contribution < -0.4 is 4.90 Å². The summed E-state index contributed by atoms with van der Waals surface area (Å²) in [7, 11) is 0. The first kappa shape index (κ1) is 25.8. The molecule has 0 N–H and O–H groups in total. The second kappa shape index (κ2) is 10.8. The van der Waals surface area contributed by atoms with Crippen LogP contribution in [0.3, 0.4) is 0 Å². The number of anilines is 1. The van der Waals surface area contributed by atoms with Crippen LogP contribution in [0.4, 0.5) is 11.4 Å². The van der Waals surface area contributed by atoms with Gasteiger partial charge in [0.05, 0.1) is 17.0 Å². The van der Waals surface area contributed by atoms with Crippen molar-refractivity contribution in [2.24, 2.45) is 0 Å². The third-order valence-corrected chi connectivity index (χ3v) is 6.85. The summed E-state index contributed by atoms with van der Waals surface area (Å²) in [5.41, 5.74) is 0.770. The van der Waals surface area contributed by atoms with E-state index in [-0.39, 0.29) is 23.6 Å². The molecule has 0 saturated carbocycles. The molecular formula is C25H18BrCl2N3O5. The largest absolute Gasteiger partial charge is 0.326 e. The smallest absolute Gasteiger partial charge is 0.288 e. The second-order valence-electron chi connectivity index (χ2n) is 8.07. The minimum atomic E-state index is -1.08. The van der Waals surface area contributed by atoms with Crippen LogP contribution in [-0.2, 0) is 16.0 Å². The van der Waals surface area contributed by atoms with Gasteiger partial charge in [-0.05, 0) is 60.5 Å². The Balaban J connectivity index is 1.68. The molecule has 1 aliphatic heterocycles. The summed E-state index contributed by atoms with van der Waals surface area (Å²) in [6.07, 6.45) is 0.129. The average Bonchev–Trinajstić information content (AvgIpc) is 3.13. The van der Waals surface area contributed by atoms with E-state index in [1.54, 1.807) is 42.5 Å². The topological polar surface area (TPSA) is 101 Å². The van der Waals surface area contributed by atoms with Crippen LogP contribution in [-0.4, -0.2) is 40.1 Å². The van der Waals surface area contributed by atoms with Gasteiger partial charge in [-0.2, -0.15) is 0 Å². The van der Waals surface area contributed by atoms with E-state index < -0.39 is 34.4 Å². The number of carbonyl (C=O) groups excluding carboxylic acids is 3. The summed E-state index contributed by atoms with van der Waals surface area (Å²) in [6, 6.07) is 16.3. The van der Waals surface area contributed by atoms with Gasteiger partial charge in [0.2, 0.25) is 5.91 Å². The molecule has 3 aromatic carbocycles. The van der Waals surface area contributed by atoms with E-state index in [9.17, 15) is 24.5 Å². The van der Waals surface area contributed by atoms with Gasteiger partial charge in [-0.15, -0.1) is 0 Å². The summed E-state index contributed by atoms with van der Waals surface area (Å²) >= 11 is 15.3. The first-order valence-electron chi connectivity index (χ1n) is 10.8. The van der Waals surface area contributed by atoms with Crippen molar-refractivity contribution >= 4 is 68.2 Å². The Labute approximate surface area is 224 Å². The Morgan fingerprint density at radius 1 is 1.08 bits per heavy atom. The van der Waals surface area contributed by atoms with Crippen molar-refractivity contribution in [3.8, 4) is 0 Å². The van der Waals surface area contributed by atoms with Crippen molar-refractivity contribution in [1.82, 2.24) is 4.90 Å². The lowest BCUT2D eigenvalue weighted by Gasteiger charge is -2.28. The minimum Gasteiger partial charge on any atom is -0.326 e. The van der Waals surface area contributed by atoms with Crippen LogP contribution in [0.15, 0.2) is 71.2 Å². The quantitative estimate of drug-likeness (QED) is 0.200. The van der Waals surface area contributed by atoms with Crippen LogP contribution in [0.2, 0.25) is 10.0 Å². The molecule has 4 rings (SSSR count). The number of amides is 3. The van der Waals surface area contributed by atoms with Gasteiger partial charge in [0, 0.05) is 27.7 Å². The third kappa shape index (κ3) is 5.43. The van der Waals surface area contributed by atoms with E-state index in [0.29, 0.717) is 17.1 Å². The molecule has 1 saturated heterocycles. The number of nitrogens with zero attached hydrogens (tertiary/aromatic N) is 3. The molecule has 3 aromatic rings. The van der Waals surface area contributed by atoms with Crippen LogP contribution in [0, 0.1) is 10.1 Å². The van der Waals surface area contributed by atoms with E-state index in [4.69, 9.17) is 23.2 Å². The number of rotatable bonds is 7. The zero-order valence-electron chi connectivity index (χ0n) is 18.6. The van der Waals surface area contributed by atoms with Crippen molar-refractivity contribution in [2.75, 3.05) is 11.4 Å². The maximum absolute atomic E-state index is 13.6. The lowest BCUT2D eigenvalue weighted by atomic mass is 10.1. The van der Waals surface area contributed by atoms with Gasteiger partial charge in [-0.25, -0.2) is 4.90 Å². The SMILES string of the molecule is O=C1CC(N(CCc2cccc(Cl)c2)C(=O)c2ccc(Cl)c([N+](=O)[O-])c2)C(=O)N1c1ccc(Br)cc1. The molecule has 11 heteroatoms. The number of benzene rings is 3.